The predicted octanol–water partition coefficient (Wildman–Crippen LogP) is 2.38. The van der Waals surface area contributed by atoms with Crippen molar-refractivity contribution in [3.63, 3.8) is 0 Å². The highest BCUT2D eigenvalue weighted by molar-refractivity contribution is 5.91. The average molecular weight is 395 g/mol. The zero-order valence-electron chi connectivity index (χ0n) is 15.5. The smallest absolute Gasteiger partial charge is 0.375 e. The van der Waals surface area contributed by atoms with Gasteiger partial charge in [0.05, 0.1) is 5.39 Å². The fourth-order valence-electron chi connectivity index (χ4n) is 2.86. The van der Waals surface area contributed by atoms with E-state index < -0.39 is 18.0 Å². The molecule has 0 saturated heterocycles. The van der Waals surface area contributed by atoms with E-state index in [-0.39, 0.29) is 30.1 Å². The predicted molar refractivity (Wildman–Crippen MR) is 102 cm³/mol. The number of nitrogens with one attached hydrogen (secondary N) is 1. The molecule has 1 aliphatic rings. The van der Waals surface area contributed by atoms with Gasteiger partial charge in [-0.25, -0.2) is 4.79 Å². The topological polar surface area (TPSA) is 104 Å². The Morgan fingerprint density at radius 3 is 2.76 bits per heavy atom. The van der Waals surface area contributed by atoms with E-state index in [1.165, 1.54) is 6.92 Å². The van der Waals surface area contributed by atoms with Gasteiger partial charge in [0.15, 0.2) is 23.0 Å². The molecule has 0 spiro atoms. The highest BCUT2D eigenvalue weighted by Gasteiger charge is 2.21. The van der Waals surface area contributed by atoms with E-state index in [1.807, 2.05) is 0 Å². The summed E-state index contributed by atoms with van der Waals surface area (Å²) in [5.74, 6) is -0.372. The van der Waals surface area contributed by atoms with Crippen molar-refractivity contribution < 1.29 is 28.2 Å². The Kier molecular flexibility index (Phi) is 4.90. The highest BCUT2D eigenvalue weighted by Crippen LogP contribution is 2.32. The number of para-hydroxylation sites is 1. The van der Waals surface area contributed by atoms with Gasteiger partial charge in [0.25, 0.3) is 5.91 Å². The van der Waals surface area contributed by atoms with Crippen LogP contribution in [0.2, 0.25) is 0 Å². The lowest BCUT2D eigenvalue weighted by atomic mass is 10.2. The molecule has 29 heavy (non-hydrogen) atoms. The van der Waals surface area contributed by atoms with Crippen molar-refractivity contribution in [2.75, 3.05) is 6.79 Å². The van der Waals surface area contributed by atoms with Crippen molar-refractivity contribution in [2.24, 2.45) is 0 Å². The number of esters is 1. The van der Waals surface area contributed by atoms with Gasteiger partial charge in [-0.05, 0) is 36.8 Å². The van der Waals surface area contributed by atoms with Crippen molar-refractivity contribution in [1.29, 1.82) is 0 Å². The van der Waals surface area contributed by atoms with Gasteiger partial charge in [0.2, 0.25) is 12.6 Å². The number of fused-ring (bicyclic) bond motifs is 2. The van der Waals surface area contributed by atoms with Crippen molar-refractivity contribution >= 4 is 22.8 Å². The molecule has 0 bridgehead atoms. The van der Waals surface area contributed by atoms with Crippen LogP contribution < -0.4 is 20.2 Å². The molecule has 1 unspecified atom stereocenters. The van der Waals surface area contributed by atoms with Gasteiger partial charge in [-0.1, -0.05) is 18.2 Å². The molecule has 148 valence electrons. The number of hydrogen-bond acceptors (Lipinski definition) is 7. The fraction of sp³-hybridized carbons (Fsp3) is 0.190. The van der Waals surface area contributed by atoms with Crippen LogP contribution in [0.1, 0.15) is 23.0 Å². The van der Waals surface area contributed by atoms with Crippen LogP contribution in [-0.2, 0) is 16.1 Å². The summed E-state index contributed by atoms with van der Waals surface area (Å²) in [4.78, 5) is 36.6. The van der Waals surface area contributed by atoms with Gasteiger partial charge in [-0.2, -0.15) is 0 Å². The summed E-state index contributed by atoms with van der Waals surface area (Å²) in [5.41, 5.74) is 0.715. The first-order valence-corrected chi connectivity index (χ1v) is 8.91. The quantitative estimate of drug-likeness (QED) is 0.662. The van der Waals surface area contributed by atoms with Crippen LogP contribution >= 0.6 is 0 Å². The van der Waals surface area contributed by atoms with Gasteiger partial charge >= 0.3 is 5.97 Å². The molecule has 4 rings (SSSR count). The lowest BCUT2D eigenvalue weighted by Gasteiger charge is -2.13. The standard InChI is InChI=1S/C21H17NO7/c1-12(20(24)22-10-13-6-7-17-18(8-13)27-11-26-17)28-21(25)19-9-15(23)14-4-2-3-5-16(14)29-19/h2-9,12H,10-11H2,1H3,(H,22,24). The first kappa shape index (κ1) is 18.5. The van der Waals surface area contributed by atoms with E-state index in [1.54, 1.807) is 42.5 Å². The van der Waals surface area contributed by atoms with Crippen LogP contribution in [0, 0.1) is 0 Å². The summed E-state index contributed by atoms with van der Waals surface area (Å²) >= 11 is 0. The molecule has 2 aromatic carbocycles. The maximum atomic E-state index is 12.3. The zero-order chi connectivity index (χ0) is 20.4. The van der Waals surface area contributed by atoms with E-state index in [0.29, 0.717) is 16.9 Å². The van der Waals surface area contributed by atoms with Crippen molar-refractivity contribution in [1.82, 2.24) is 5.32 Å². The third kappa shape index (κ3) is 3.91. The minimum absolute atomic E-state index is 0.170. The number of ether oxygens (including phenoxy) is 3. The first-order chi connectivity index (χ1) is 14.0. The molecule has 1 aliphatic heterocycles. The lowest BCUT2D eigenvalue weighted by Crippen LogP contribution is -2.35. The molecule has 8 heteroatoms. The second kappa shape index (κ2) is 7.67. The second-order valence-corrected chi connectivity index (χ2v) is 6.42. The number of carbonyl (C=O) groups excluding carboxylic acids is 2. The van der Waals surface area contributed by atoms with E-state index in [0.717, 1.165) is 11.6 Å². The van der Waals surface area contributed by atoms with Crippen LogP contribution in [-0.4, -0.2) is 24.8 Å². The summed E-state index contributed by atoms with van der Waals surface area (Å²) in [7, 11) is 0. The monoisotopic (exact) mass is 395 g/mol. The molecule has 0 radical (unpaired) electrons. The van der Waals surface area contributed by atoms with E-state index >= 15 is 0 Å². The van der Waals surface area contributed by atoms with Gasteiger partial charge in [-0.15, -0.1) is 0 Å². The third-order valence-electron chi connectivity index (χ3n) is 4.39. The molecule has 1 atom stereocenters. The summed E-state index contributed by atoms with van der Waals surface area (Å²) in [5, 5.41) is 3.04. The van der Waals surface area contributed by atoms with Crippen LogP contribution in [0.3, 0.4) is 0 Å². The Morgan fingerprint density at radius 1 is 1.10 bits per heavy atom. The zero-order valence-corrected chi connectivity index (χ0v) is 15.5. The van der Waals surface area contributed by atoms with Gasteiger partial charge < -0.3 is 23.9 Å². The van der Waals surface area contributed by atoms with Gasteiger partial charge in [0, 0.05) is 12.6 Å². The van der Waals surface area contributed by atoms with Crippen molar-refractivity contribution in [2.45, 2.75) is 19.6 Å². The normalized spacial score (nSPS) is 13.1. The molecule has 1 aromatic heterocycles. The largest absolute Gasteiger partial charge is 0.454 e. The van der Waals surface area contributed by atoms with E-state index in [2.05, 4.69) is 5.32 Å². The highest BCUT2D eigenvalue weighted by atomic mass is 16.7. The Morgan fingerprint density at radius 2 is 1.90 bits per heavy atom. The number of carbonyl (C=O) groups is 2. The number of hydrogen-bond donors (Lipinski definition) is 1. The number of rotatable bonds is 5. The van der Waals surface area contributed by atoms with Crippen LogP contribution in [0.25, 0.3) is 11.0 Å². The number of amides is 1. The first-order valence-electron chi connectivity index (χ1n) is 8.91. The minimum Gasteiger partial charge on any atom is -0.454 e. The summed E-state index contributed by atoms with van der Waals surface area (Å²) in [6, 6.07) is 12.9. The summed E-state index contributed by atoms with van der Waals surface area (Å²) in [6.45, 7) is 1.83. The van der Waals surface area contributed by atoms with E-state index in [4.69, 9.17) is 18.6 Å². The Bertz CT molecular complexity index is 1150. The lowest BCUT2D eigenvalue weighted by molar-refractivity contribution is -0.129. The minimum atomic E-state index is -1.08. The molecule has 0 saturated carbocycles. The molecule has 1 N–H and O–H groups in total. The number of benzene rings is 2. The van der Waals surface area contributed by atoms with Crippen molar-refractivity contribution in [3.05, 3.63) is 70.1 Å². The van der Waals surface area contributed by atoms with Gasteiger partial charge in [-0.3, -0.25) is 9.59 Å². The molecular formula is C21H17NO7. The van der Waals surface area contributed by atoms with Crippen LogP contribution in [0.5, 0.6) is 11.5 Å². The second-order valence-electron chi connectivity index (χ2n) is 6.42. The average Bonchev–Trinajstić information content (AvgIpc) is 3.19. The Balaban J connectivity index is 1.38. The molecular weight excluding hydrogens is 378 g/mol. The van der Waals surface area contributed by atoms with E-state index in [9.17, 15) is 14.4 Å². The molecule has 0 aliphatic carbocycles. The molecule has 3 aromatic rings. The molecule has 2 heterocycles. The molecule has 0 fully saturated rings. The maximum absolute atomic E-state index is 12.3. The summed E-state index contributed by atoms with van der Waals surface area (Å²) in [6.07, 6.45) is -1.08. The Hall–Kier alpha value is -3.81. The van der Waals surface area contributed by atoms with Crippen molar-refractivity contribution in [3.8, 4) is 11.5 Å². The maximum Gasteiger partial charge on any atom is 0.375 e. The fourth-order valence-corrected chi connectivity index (χ4v) is 2.86. The summed E-state index contributed by atoms with van der Waals surface area (Å²) < 4.78 is 21.1. The molecule has 1 amide bonds. The van der Waals surface area contributed by atoms with Gasteiger partial charge in [0.1, 0.15) is 5.58 Å². The van der Waals surface area contributed by atoms with Crippen LogP contribution in [0.4, 0.5) is 0 Å². The third-order valence-corrected chi connectivity index (χ3v) is 4.39. The van der Waals surface area contributed by atoms with Crippen LogP contribution in [0.15, 0.2) is 57.7 Å². The SMILES string of the molecule is CC(OC(=O)c1cc(=O)c2ccccc2o1)C(=O)NCc1ccc2c(c1)OCO2. The molecule has 8 nitrogen and oxygen atoms in total. The Labute approximate surface area is 165 Å².